The van der Waals surface area contributed by atoms with Gasteiger partial charge in [0.2, 0.25) is 0 Å². The third-order valence-electron chi connectivity index (χ3n) is 2.21. The number of nitrogens with one attached hydrogen (secondary N) is 1. The van der Waals surface area contributed by atoms with Crippen molar-refractivity contribution in [2.24, 2.45) is 0 Å². The molecular weight excluding hydrogens is 255 g/mol. The number of carbonyl (C=O) groups excluding carboxylic acids is 1. The Hall–Kier alpha value is -2.15. The van der Waals surface area contributed by atoms with Crippen molar-refractivity contribution < 1.29 is 23.8 Å². The molecule has 0 radical (unpaired) electrons. The molecule has 2 amide bonds. The summed E-state index contributed by atoms with van der Waals surface area (Å²) in [4.78, 5) is 23.5. The van der Waals surface area contributed by atoms with E-state index in [-0.39, 0.29) is 11.3 Å². The van der Waals surface area contributed by atoms with Crippen LogP contribution in [-0.4, -0.2) is 49.3 Å². The van der Waals surface area contributed by atoms with Crippen molar-refractivity contribution in [1.29, 1.82) is 0 Å². The minimum absolute atomic E-state index is 0.0220. The van der Waals surface area contributed by atoms with E-state index < -0.39 is 17.8 Å². The SMILES string of the molecule is CN(C)CCOc1ccc(C(=O)NC(=O)O)cc1F. The predicted octanol–water partition coefficient (Wildman–Crippen LogP) is 1.17. The maximum Gasteiger partial charge on any atom is 0.411 e. The molecule has 0 heterocycles. The molecule has 19 heavy (non-hydrogen) atoms. The lowest BCUT2D eigenvalue weighted by Gasteiger charge is -2.11. The number of carbonyl (C=O) groups is 2. The van der Waals surface area contributed by atoms with E-state index in [1.54, 1.807) is 5.32 Å². The average Bonchev–Trinajstić information content (AvgIpc) is 2.29. The highest BCUT2D eigenvalue weighted by Gasteiger charge is 2.12. The van der Waals surface area contributed by atoms with Crippen LogP contribution >= 0.6 is 0 Å². The van der Waals surface area contributed by atoms with E-state index >= 15 is 0 Å². The molecular formula is C12H15FN2O4. The second-order valence-electron chi connectivity index (χ2n) is 4.06. The number of amides is 2. The first kappa shape index (κ1) is 14.9. The first-order valence-electron chi connectivity index (χ1n) is 5.51. The minimum atomic E-state index is -1.49. The lowest BCUT2D eigenvalue weighted by molar-refractivity contribution is 0.0947. The van der Waals surface area contributed by atoms with Crippen LogP contribution in [-0.2, 0) is 0 Å². The molecule has 0 saturated heterocycles. The van der Waals surface area contributed by atoms with Gasteiger partial charge in [0.15, 0.2) is 11.6 Å². The van der Waals surface area contributed by atoms with Crippen LogP contribution in [0.4, 0.5) is 9.18 Å². The van der Waals surface area contributed by atoms with Crippen LogP contribution < -0.4 is 10.1 Å². The molecule has 1 aromatic rings. The van der Waals surface area contributed by atoms with E-state index in [0.717, 1.165) is 6.07 Å². The van der Waals surface area contributed by atoms with Gasteiger partial charge in [-0.05, 0) is 32.3 Å². The molecule has 0 aliphatic rings. The maximum atomic E-state index is 13.6. The van der Waals surface area contributed by atoms with E-state index in [1.807, 2.05) is 19.0 Å². The number of ether oxygens (including phenoxy) is 1. The molecule has 2 N–H and O–H groups in total. The quantitative estimate of drug-likeness (QED) is 0.839. The van der Waals surface area contributed by atoms with Crippen molar-refractivity contribution >= 4 is 12.0 Å². The standard InChI is InChI=1S/C12H15FN2O4/c1-15(2)5-6-19-10-4-3-8(7-9(10)13)11(16)14-12(17)18/h3-4,7H,5-6H2,1-2H3,(H,14,16)(H,17,18). The Kier molecular flexibility index (Phi) is 5.25. The van der Waals surface area contributed by atoms with Gasteiger partial charge >= 0.3 is 6.09 Å². The van der Waals surface area contributed by atoms with Crippen molar-refractivity contribution in [3.63, 3.8) is 0 Å². The topological polar surface area (TPSA) is 78.9 Å². The summed E-state index contributed by atoms with van der Waals surface area (Å²) < 4.78 is 18.8. The Morgan fingerprint density at radius 2 is 2.11 bits per heavy atom. The Balaban J connectivity index is 2.69. The highest BCUT2D eigenvalue weighted by Crippen LogP contribution is 2.18. The van der Waals surface area contributed by atoms with Crippen LogP contribution in [0, 0.1) is 5.82 Å². The Morgan fingerprint density at radius 1 is 1.42 bits per heavy atom. The van der Waals surface area contributed by atoms with Gasteiger partial charge in [-0.1, -0.05) is 0 Å². The number of benzene rings is 1. The number of imide groups is 1. The number of halogens is 1. The van der Waals surface area contributed by atoms with E-state index in [0.29, 0.717) is 13.2 Å². The van der Waals surface area contributed by atoms with Crippen molar-refractivity contribution in [3.05, 3.63) is 29.6 Å². The van der Waals surface area contributed by atoms with Gasteiger partial charge in [-0.25, -0.2) is 9.18 Å². The first-order valence-corrected chi connectivity index (χ1v) is 5.51. The summed E-state index contributed by atoms with van der Waals surface area (Å²) in [6.45, 7) is 0.936. The lowest BCUT2D eigenvalue weighted by Crippen LogP contribution is -2.28. The third-order valence-corrected chi connectivity index (χ3v) is 2.21. The summed E-state index contributed by atoms with van der Waals surface area (Å²) in [7, 11) is 3.72. The molecule has 0 fully saturated rings. The molecule has 7 heteroatoms. The zero-order valence-corrected chi connectivity index (χ0v) is 10.6. The molecule has 0 saturated carbocycles. The van der Waals surface area contributed by atoms with E-state index in [1.165, 1.54) is 12.1 Å². The molecule has 1 aromatic carbocycles. The molecule has 1 rings (SSSR count). The molecule has 0 aliphatic carbocycles. The van der Waals surface area contributed by atoms with Crippen LogP contribution in [0.1, 0.15) is 10.4 Å². The second-order valence-corrected chi connectivity index (χ2v) is 4.06. The summed E-state index contributed by atoms with van der Waals surface area (Å²) in [6, 6.07) is 3.53. The van der Waals surface area contributed by atoms with Crippen molar-refractivity contribution in [2.45, 2.75) is 0 Å². The van der Waals surface area contributed by atoms with Crippen molar-refractivity contribution in [3.8, 4) is 5.75 Å². The molecule has 6 nitrogen and oxygen atoms in total. The van der Waals surface area contributed by atoms with Gasteiger partial charge in [0.1, 0.15) is 6.61 Å². The van der Waals surface area contributed by atoms with Crippen LogP contribution in [0.3, 0.4) is 0 Å². The van der Waals surface area contributed by atoms with Gasteiger partial charge in [0.25, 0.3) is 5.91 Å². The fourth-order valence-electron chi connectivity index (χ4n) is 1.27. The Bertz CT molecular complexity index is 477. The van der Waals surface area contributed by atoms with Crippen LogP contribution in [0.5, 0.6) is 5.75 Å². The predicted molar refractivity (Wildman–Crippen MR) is 65.9 cm³/mol. The van der Waals surface area contributed by atoms with E-state index in [4.69, 9.17) is 9.84 Å². The fourth-order valence-corrected chi connectivity index (χ4v) is 1.27. The summed E-state index contributed by atoms with van der Waals surface area (Å²) in [5.74, 6) is -1.57. The Labute approximate surface area is 109 Å². The summed E-state index contributed by atoms with van der Waals surface area (Å²) >= 11 is 0. The van der Waals surface area contributed by atoms with Crippen LogP contribution in [0.15, 0.2) is 18.2 Å². The number of carboxylic acid groups (broad SMARTS) is 1. The molecule has 0 bridgehead atoms. The first-order chi connectivity index (χ1) is 8.90. The van der Waals surface area contributed by atoms with Gasteiger partial charge in [-0.2, -0.15) is 0 Å². The Morgan fingerprint density at radius 3 is 2.63 bits per heavy atom. The summed E-state index contributed by atoms with van der Waals surface area (Å²) in [5, 5.41) is 10.0. The zero-order chi connectivity index (χ0) is 14.4. The normalized spacial score (nSPS) is 10.3. The van der Waals surface area contributed by atoms with Crippen LogP contribution in [0.25, 0.3) is 0 Å². The van der Waals surface area contributed by atoms with E-state index in [2.05, 4.69) is 0 Å². The van der Waals surface area contributed by atoms with Gasteiger partial charge in [-0.15, -0.1) is 0 Å². The van der Waals surface area contributed by atoms with Crippen molar-refractivity contribution in [2.75, 3.05) is 27.2 Å². The average molecular weight is 270 g/mol. The number of likely N-dealkylation sites (N-methyl/N-ethyl adjacent to an activating group) is 1. The smallest absolute Gasteiger partial charge is 0.411 e. The summed E-state index contributed by atoms with van der Waals surface area (Å²) in [6.07, 6.45) is -1.49. The second kappa shape index (κ2) is 6.69. The maximum absolute atomic E-state index is 13.6. The van der Waals surface area contributed by atoms with Gasteiger partial charge in [-0.3, -0.25) is 10.1 Å². The molecule has 0 atom stereocenters. The number of hydrogen-bond acceptors (Lipinski definition) is 4. The van der Waals surface area contributed by atoms with Gasteiger partial charge in [0.05, 0.1) is 0 Å². The summed E-state index contributed by atoms with van der Waals surface area (Å²) in [5.41, 5.74) is -0.0835. The highest BCUT2D eigenvalue weighted by molar-refractivity contribution is 6.02. The van der Waals surface area contributed by atoms with Gasteiger partial charge < -0.3 is 14.7 Å². The third kappa shape index (κ3) is 4.92. The lowest BCUT2D eigenvalue weighted by atomic mass is 10.2. The highest BCUT2D eigenvalue weighted by atomic mass is 19.1. The van der Waals surface area contributed by atoms with Crippen molar-refractivity contribution in [1.82, 2.24) is 10.2 Å². The fraction of sp³-hybridized carbons (Fsp3) is 0.333. The number of nitrogens with zero attached hydrogens (tertiary/aromatic N) is 1. The van der Waals surface area contributed by atoms with Crippen LogP contribution in [0.2, 0.25) is 0 Å². The number of hydrogen-bond donors (Lipinski definition) is 2. The minimum Gasteiger partial charge on any atom is -0.489 e. The van der Waals surface area contributed by atoms with E-state index in [9.17, 15) is 14.0 Å². The number of rotatable bonds is 5. The molecule has 0 aliphatic heterocycles. The zero-order valence-electron chi connectivity index (χ0n) is 10.6. The largest absolute Gasteiger partial charge is 0.489 e. The monoisotopic (exact) mass is 270 g/mol. The molecule has 0 spiro atoms. The molecule has 0 unspecified atom stereocenters. The van der Waals surface area contributed by atoms with Gasteiger partial charge in [0, 0.05) is 12.1 Å². The molecule has 0 aromatic heterocycles. The molecule has 104 valence electrons.